The van der Waals surface area contributed by atoms with Gasteiger partial charge in [-0.2, -0.15) is 0 Å². The fourth-order valence-electron chi connectivity index (χ4n) is 1.91. The van der Waals surface area contributed by atoms with E-state index in [1.54, 1.807) is 36.9 Å². The van der Waals surface area contributed by atoms with Gasteiger partial charge in [-0.05, 0) is 19.1 Å². The number of carbonyl (C=O) groups is 1. The summed E-state index contributed by atoms with van der Waals surface area (Å²) in [5, 5.41) is 9.12. The number of nitrogen functional groups attached to an aromatic ring is 1. The molecule has 2 aromatic heterocycles. The minimum atomic E-state index is -1.02. The van der Waals surface area contributed by atoms with Gasteiger partial charge in [0.2, 0.25) is 0 Å². The molecule has 0 saturated carbocycles. The Labute approximate surface area is 98.5 Å². The molecular weight excluding hydrogens is 218 g/mol. The van der Waals surface area contributed by atoms with Gasteiger partial charge >= 0.3 is 5.97 Å². The Morgan fingerprint density at radius 3 is 2.65 bits per heavy atom. The zero-order valence-corrected chi connectivity index (χ0v) is 9.64. The van der Waals surface area contributed by atoms with Crippen LogP contribution in [0.2, 0.25) is 0 Å². The standard InChI is InChI=1S/C12H13N3O2/c1-7-9(12(16)17)10(13)11(15(7)2)8-5-3-4-6-14-8/h3-6H,13H2,1-2H3,(H,16,17). The van der Waals surface area contributed by atoms with Crippen molar-refractivity contribution in [2.75, 3.05) is 5.73 Å². The predicted molar refractivity (Wildman–Crippen MR) is 64.8 cm³/mol. The largest absolute Gasteiger partial charge is 0.478 e. The van der Waals surface area contributed by atoms with Crippen molar-refractivity contribution in [2.24, 2.45) is 7.05 Å². The molecule has 88 valence electrons. The molecule has 0 unspecified atom stereocenters. The molecule has 0 saturated heterocycles. The summed E-state index contributed by atoms with van der Waals surface area (Å²) in [7, 11) is 1.78. The highest BCUT2D eigenvalue weighted by Gasteiger charge is 2.22. The molecule has 3 N–H and O–H groups in total. The van der Waals surface area contributed by atoms with E-state index in [1.165, 1.54) is 0 Å². The Morgan fingerprint density at radius 1 is 1.47 bits per heavy atom. The molecule has 0 aromatic carbocycles. The molecule has 2 rings (SSSR count). The second-order valence-corrected chi connectivity index (χ2v) is 3.80. The lowest BCUT2D eigenvalue weighted by Crippen LogP contribution is -2.01. The van der Waals surface area contributed by atoms with Gasteiger partial charge in [0.15, 0.2) is 0 Å². The summed E-state index contributed by atoms with van der Waals surface area (Å²) >= 11 is 0. The van der Waals surface area contributed by atoms with Crippen molar-refractivity contribution in [3.8, 4) is 11.4 Å². The van der Waals surface area contributed by atoms with Gasteiger partial charge in [-0.25, -0.2) is 4.79 Å². The number of hydrogen-bond donors (Lipinski definition) is 2. The predicted octanol–water partition coefficient (Wildman–Crippen LogP) is 1.68. The maximum Gasteiger partial charge on any atom is 0.339 e. The van der Waals surface area contributed by atoms with Crippen molar-refractivity contribution in [1.29, 1.82) is 0 Å². The summed E-state index contributed by atoms with van der Waals surface area (Å²) in [5.74, 6) is -1.02. The van der Waals surface area contributed by atoms with Crippen molar-refractivity contribution in [2.45, 2.75) is 6.92 Å². The van der Waals surface area contributed by atoms with E-state index in [2.05, 4.69) is 4.98 Å². The Balaban J connectivity index is 2.72. The monoisotopic (exact) mass is 231 g/mol. The number of anilines is 1. The molecule has 17 heavy (non-hydrogen) atoms. The number of carboxylic acid groups (broad SMARTS) is 1. The lowest BCUT2D eigenvalue weighted by atomic mass is 10.2. The lowest BCUT2D eigenvalue weighted by Gasteiger charge is -2.04. The van der Waals surface area contributed by atoms with Crippen molar-refractivity contribution >= 4 is 11.7 Å². The van der Waals surface area contributed by atoms with Gasteiger partial charge in [0.1, 0.15) is 5.56 Å². The van der Waals surface area contributed by atoms with Crippen LogP contribution in [0.5, 0.6) is 0 Å². The fraction of sp³-hybridized carbons (Fsp3) is 0.167. The highest BCUT2D eigenvalue weighted by Crippen LogP contribution is 2.31. The third-order valence-corrected chi connectivity index (χ3v) is 2.85. The van der Waals surface area contributed by atoms with Gasteiger partial charge in [0, 0.05) is 18.9 Å². The van der Waals surface area contributed by atoms with Crippen molar-refractivity contribution in [3.05, 3.63) is 35.7 Å². The minimum absolute atomic E-state index is 0.146. The van der Waals surface area contributed by atoms with Gasteiger partial charge in [-0.3, -0.25) is 4.98 Å². The molecule has 0 bridgehead atoms. The number of nitrogens with two attached hydrogens (primary N) is 1. The number of nitrogens with zero attached hydrogens (tertiary/aromatic N) is 2. The summed E-state index contributed by atoms with van der Waals surface area (Å²) in [6.07, 6.45) is 1.65. The van der Waals surface area contributed by atoms with Crippen LogP contribution in [0.3, 0.4) is 0 Å². The lowest BCUT2D eigenvalue weighted by molar-refractivity contribution is 0.0697. The summed E-state index contributed by atoms with van der Waals surface area (Å²) in [4.78, 5) is 15.3. The highest BCUT2D eigenvalue weighted by molar-refractivity contribution is 5.99. The number of hydrogen-bond acceptors (Lipinski definition) is 3. The topological polar surface area (TPSA) is 81.1 Å². The Kier molecular flexibility index (Phi) is 2.59. The molecule has 0 fully saturated rings. The average Bonchev–Trinajstić information content (AvgIpc) is 2.51. The van der Waals surface area contributed by atoms with Crippen molar-refractivity contribution < 1.29 is 9.90 Å². The van der Waals surface area contributed by atoms with Crippen molar-refractivity contribution in [1.82, 2.24) is 9.55 Å². The van der Waals surface area contributed by atoms with Gasteiger partial charge in [-0.15, -0.1) is 0 Å². The first kappa shape index (κ1) is 11.2. The summed E-state index contributed by atoms with van der Waals surface area (Å²) in [6.45, 7) is 1.73. The van der Waals surface area contributed by atoms with E-state index < -0.39 is 5.97 Å². The van der Waals surface area contributed by atoms with E-state index in [0.29, 0.717) is 17.1 Å². The quantitative estimate of drug-likeness (QED) is 0.823. The SMILES string of the molecule is Cc1c(C(=O)O)c(N)c(-c2ccccn2)n1C. The molecule has 0 amide bonds. The first-order valence-electron chi connectivity index (χ1n) is 5.13. The Hall–Kier alpha value is -2.30. The summed E-state index contributed by atoms with van der Waals surface area (Å²) in [5.41, 5.74) is 8.23. The molecule has 0 aliphatic heterocycles. The van der Waals surface area contributed by atoms with Crippen LogP contribution in [0.15, 0.2) is 24.4 Å². The zero-order chi connectivity index (χ0) is 12.6. The molecule has 2 aromatic rings. The third kappa shape index (κ3) is 1.65. The molecule has 5 heteroatoms. The average molecular weight is 231 g/mol. The molecule has 0 aliphatic rings. The number of pyridine rings is 1. The first-order valence-corrected chi connectivity index (χ1v) is 5.13. The van der Waals surface area contributed by atoms with Gasteiger partial charge in [0.25, 0.3) is 0 Å². The maximum absolute atomic E-state index is 11.1. The highest BCUT2D eigenvalue weighted by atomic mass is 16.4. The van der Waals surface area contributed by atoms with Gasteiger partial charge < -0.3 is 15.4 Å². The summed E-state index contributed by atoms with van der Waals surface area (Å²) in [6, 6.07) is 5.44. The van der Waals surface area contributed by atoms with Crippen LogP contribution in [0.1, 0.15) is 16.1 Å². The molecule has 0 radical (unpaired) electrons. The zero-order valence-electron chi connectivity index (χ0n) is 9.64. The van der Waals surface area contributed by atoms with Crippen LogP contribution in [0.25, 0.3) is 11.4 Å². The molecule has 5 nitrogen and oxygen atoms in total. The smallest absolute Gasteiger partial charge is 0.339 e. The van der Waals surface area contributed by atoms with E-state index in [-0.39, 0.29) is 11.3 Å². The van der Waals surface area contributed by atoms with E-state index in [9.17, 15) is 4.79 Å². The fourth-order valence-corrected chi connectivity index (χ4v) is 1.91. The Morgan fingerprint density at radius 2 is 2.18 bits per heavy atom. The van der Waals surface area contributed by atoms with Crippen molar-refractivity contribution in [3.63, 3.8) is 0 Å². The van der Waals surface area contributed by atoms with Gasteiger partial charge in [-0.1, -0.05) is 6.07 Å². The molecule has 0 atom stereocenters. The molecule has 2 heterocycles. The maximum atomic E-state index is 11.1. The Bertz CT molecular complexity index is 573. The van der Waals surface area contributed by atoms with Crippen LogP contribution in [0.4, 0.5) is 5.69 Å². The first-order chi connectivity index (χ1) is 8.04. The van der Waals surface area contributed by atoms with Crippen LogP contribution < -0.4 is 5.73 Å². The van der Waals surface area contributed by atoms with E-state index in [4.69, 9.17) is 10.8 Å². The van der Waals surface area contributed by atoms with Crippen LogP contribution in [-0.2, 0) is 7.05 Å². The normalized spacial score (nSPS) is 10.5. The van der Waals surface area contributed by atoms with Crippen LogP contribution >= 0.6 is 0 Å². The van der Waals surface area contributed by atoms with Crippen LogP contribution in [0, 0.1) is 6.92 Å². The third-order valence-electron chi connectivity index (χ3n) is 2.85. The van der Waals surface area contributed by atoms with Crippen LogP contribution in [-0.4, -0.2) is 20.6 Å². The van der Waals surface area contributed by atoms with E-state index in [1.807, 2.05) is 6.07 Å². The summed E-state index contributed by atoms with van der Waals surface area (Å²) < 4.78 is 1.75. The molecule has 0 aliphatic carbocycles. The second kappa shape index (κ2) is 3.93. The van der Waals surface area contributed by atoms with Gasteiger partial charge in [0.05, 0.1) is 17.1 Å². The number of rotatable bonds is 2. The minimum Gasteiger partial charge on any atom is -0.478 e. The molecule has 0 spiro atoms. The number of aromatic carboxylic acids is 1. The number of carboxylic acids is 1. The molecular formula is C12H13N3O2. The number of aromatic nitrogens is 2. The van der Waals surface area contributed by atoms with E-state index in [0.717, 1.165) is 0 Å². The van der Waals surface area contributed by atoms with E-state index >= 15 is 0 Å². The second-order valence-electron chi connectivity index (χ2n) is 3.80.